The second-order valence-electron chi connectivity index (χ2n) is 4.89. The maximum atomic E-state index is 12.3. The molecule has 1 aliphatic rings. The highest BCUT2D eigenvalue weighted by atomic mass is 32.2. The summed E-state index contributed by atoms with van der Waals surface area (Å²) >= 11 is 0. The van der Waals surface area contributed by atoms with Gasteiger partial charge in [-0.25, -0.2) is 18.5 Å². The van der Waals surface area contributed by atoms with E-state index in [2.05, 4.69) is 20.6 Å². The van der Waals surface area contributed by atoms with Crippen molar-refractivity contribution >= 4 is 28.5 Å². The molecule has 1 unspecified atom stereocenters. The van der Waals surface area contributed by atoms with E-state index in [1.807, 2.05) is 12.1 Å². The van der Waals surface area contributed by atoms with Gasteiger partial charge in [0.25, 0.3) is 0 Å². The molecule has 2 aromatic heterocycles. The summed E-state index contributed by atoms with van der Waals surface area (Å²) in [6, 6.07) is 5.42. The number of carbonyl (C=O) groups excluding carboxylic acids is 1. The van der Waals surface area contributed by atoms with Crippen LogP contribution < -0.4 is 10.6 Å². The van der Waals surface area contributed by atoms with Gasteiger partial charge in [-0.2, -0.15) is 0 Å². The van der Waals surface area contributed by atoms with Gasteiger partial charge in [-0.1, -0.05) is 0 Å². The topological polar surface area (TPSA) is 87.2 Å². The number of fused-ring (bicyclic) bond motifs is 1. The van der Waals surface area contributed by atoms with E-state index in [1.54, 1.807) is 29.8 Å². The number of carbonyl (C=O) groups is 1. The fraction of sp³-hybridized carbons (Fsp3) is 0.214. The van der Waals surface area contributed by atoms with Gasteiger partial charge in [0, 0.05) is 31.9 Å². The zero-order chi connectivity index (χ0) is 15.7. The quantitative estimate of drug-likeness (QED) is 0.875. The number of nitrogens with zero attached hydrogens (tertiary/aromatic N) is 3. The average Bonchev–Trinajstić information content (AvgIpc) is 2.50. The fourth-order valence-corrected chi connectivity index (χ4v) is 3.18. The Balaban J connectivity index is 1.99. The van der Waals surface area contributed by atoms with Gasteiger partial charge in [0.15, 0.2) is 0 Å². The SMILES string of the molecule is CC(=O)Nc1cc(-c2cnc3c(c2)S(=O)N(C)CN3)ccn1. The molecule has 2 aromatic rings. The number of aromatic nitrogens is 2. The van der Waals surface area contributed by atoms with Gasteiger partial charge in [0.05, 0.1) is 11.6 Å². The Bertz CT molecular complexity index is 765. The van der Waals surface area contributed by atoms with Crippen LogP contribution in [0.25, 0.3) is 11.1 Å². The third-order valence-electron chi connectivity index (χ3n) is 3.19. The van der Waals surface area contributed by atoms with Gasteiger partial charge in [0.1, 0.15) is 22.6 Å². The molecule has 0 saturated carbocycles. The molecule has 0 saturated heterocycles. The van der Waals surface area contributed by atoms with Crippen LogP contribution in [0.4, 0.5) is 11.6 Å². The number of rotatable bonds is 2. The van der Waals surface area contributed by atoms with E-state index in [-0.39, 0.29) is 5.91 Å². The zero-order valence-electron chi connectivity index (χ0n) is 12.2. The average molecular weight is 317 g/mol. The predicted octanol–water partition coefficient (Wildman–Crippen LogP) is 1.44. The van der Waals surface area contributed by atoms with Gasteiger partial charge in [-0.15, -0.1) is 0 Å². The Morgan fingerprint density at radius 3 is 2.95 bits per heavy atom. The van der Waals surface area contributed by atoms with Crippen LogP contribution in [0.3, 0.4) is 0 Å². The van der Waals surface area contributed by atoms with Gasteiger partial charge >= 0.3 is 0 Å². The standard InChI is InChI=1S/C14H15N5O2S/c1-9(20)18-13-6-10(3-4-15-13)11-5-12-14(16-7-11)17-8-19(2)22(12)21/h3-7H,8H2,1-2H3,(H,16,17)(H,15,18,20). The van der Waals surface area contributed by atoms with E-state index in [0.29, 0.717) is 23.2 Å². The maximum Gasteiger partial charge on any atom is 0.222 e. The second-order valence-corrected chi connectivity index (χ2v) is 6.46. The summed E-state index contributed by atoms with van der Waals surface area (Å²) in [6.07, 6.45) is 3.32. The van der Waals surface area contributed by atoms with Crippen molar-refractivity contribution in [2.45, 2.75) is 11.8 Å². The molecule has 1 atom stereocenters. The summed E-state index contributed by atoms with van der Waals surface area (Å²) in [6.45, 7) is 1.92. The summed E-state index contributed by atoms with van der Waals surface area (Å²) in [7, 11) is 0.542. The number of amides is 1. The van der Waals surface area contributed by atoms with E-state index in [1.165, 1.54) is 6.92 Å². The van der Waals surface area contributed by atoms with E-state index >= 15 is 0 Å². The molecule has 3 heterocycles. The van der Waals surface area contributed by atoms with Crippen molar-refractivity contribution in [2.24, 2.45) is 0 Å². The second kappa shape index (κ2) is 5.82. The Labute approximate surface area is 130 Å². The van der Waals surface area contributed by atoms with Crippen LogP contribution in [-0.2, 0) is 15.8 Å². The Morgan fingerprint density at radius 1 is 1.36 bits per heavy atom. The van der Waals surface area contributed by atoms with E-state index in [9.17, 15) is 9.00 Å². The highest BCUT2D eigenvalue weighted by Crippen LogP contribution is 2.29. The molecule has 1 amide bonds. The lowest BCUT2D eigenvalue weighted by atomic mass is 10.1. The molecule has 0 aliphatic carbocycles. The fourth-order valence-electron chi connectivity index (χ4n) is 2.14. The van der Waals surface area contributed by atoms with Crippen LogP contribution in [0.5, 0.6) is 0 Å². The minimum atomic E-state index is -1.24. The van der Waals surface area contributed by atoms with Crippen LogP contribution in [0.1, 0.15) is 6.92 Å². The lowest BCUT2D eigenvalue weighted by molar-refractivity contribution is -0.114. The Hall–Kier alpha value is -2.32. The molecule has 7 nitrogen and oxygen atoms in total. The molecule has 2 N–H and O–H groups in total. The molecular weight excluding hydrogens is 302 g/mol. The van der Waals surface area contributed by atoms with Crippen molar-refractivity contribution in [1.29, 1.82) is 0 Å². The van der Waals surface area contributed by atoms with Crippen molar-refractivity contribution in [3.05, 3.63) is 30.6 Å². The summed E-state index contributed by atoms with van der Waals surface area (Å²) in [5, 5.41) is 5.75. The normalized spacial score (nSPS) is 17.5. The first-order valence-corrected chi connectivity index (χ1v) is 7.76. The van der Waals surface area contributed by atoms with Gasteiger partial charge < -0.3 is 10.6 Å². The van der Waals surface area contributed by atoms with Crippen LogP contribution in [0.2, 0.25) is 0 Å². The summed E-state index contributed by atoms with van der Waals surface area (Å²) in [5.74, 6) is 0.926. The van der Waals surface area contributed by atoms with E-state index in [0.717, 1.165) is 11.1 Å². The molecule has 22 heavy (non-hydrogen) atoms. The van der Waals surface area contributed by atoms with Gasteiger partial charge in [-0.3, -0.25) is 4.79 Å². The third kappa shape index (κ3) is 2.83. The number of nitrogens with one attached hydrogen (secondary N) is 2. The predicted molar refractivity (Wildman–Crippen MR) is 84.4 cm³/mol. The molecular formula is C14H15N5O2S. The molecule has 0 aromatic carbocycles. The summed E-state index contributed by atoms with van der Waals surface area (Å²) < 4.78 is 14.0. The highest BCUT2D eigenvalue weighted by Gasteiger charge is 2.22. The minimum absolute atomic E-state index is 0.180. The maximum absolute atomic E-state index is 12.3. The molecule has 1 aliphatic heterocycles. The molecule has 0 spiro atoms. The Morgan fingerprint density at radius 2 is 2.18 bits per heavy atom. The highest BCUT2D eigenvalue weighted by molar-refractivity contribution is 7.82. The van der Waals surface area contributed by atoms with Gasteiger partial charge in [0.2, 0.25) is 5.91 Å². The Kier molecular flexibility index (Phi) is 3.86. The number of anilines is 2. The monoisotopic (exact) mass is 317 g/mol. The van der Waals surface area contributed by atoms with Crippen molar-refractivity contribution < 1.29 is 9.00 Å². The van der Waals surface area contributed by atoms with Crippen LogP contribution in [0, 0.1) is 0 Å². The van der Waals surface area contributed by atoms with E-state index in [4.69, 9.17) is 0 Å². The molecule has 0 radical (unpaired) electrons. The molecule has 114 valence electrons. The summed E-state index contributed by atoms with van der Waals surface area (Å²) in [4.78, 5) is 20.2. The lowest BCUT2D eigenvalue weighted by Crippen LogP contribution is -2.32. The first-order chi connectivity index (χ1) is 10.5. The molecule has 3 rings (SSSR count). The van der Waals surface area contributed by atoms with Gasteiger partial charge in [-0.05, 0) is 23.8 Å². The molecule has 8 heteroatoms. The minimum Gasteiger partial charge on any atom is -0.355 e. The third-order valence-corrected chi connectivity index (χ3v) is 4.57. The van der Waals surface area contributed by atoms with Crippen molar-refractivity contribution in [2.75, 3.05) is 24.3 Å². The van der Waals surface area contributed by atoms with Crippen LogP contribution in [0.15, 0.2) is 35.5 Å². The first kappa shape index (κ1) is 14.6. The number of hydrogen-bond donors (Lipinski definition) is 2. The summed E-state index contributed by atoms with van der Waals surface area (Å²) in [5.41, 5.74) is 1.66. The van der Waals surface area contributed by atoms with Crippen molar-refractivity contribution in [3.8, 4) is 11.1 Å². The number of pyridine rings is 2. The van der Waals surface area contributed by atoms with E-state index < -0.39 is 11.0 Å². The van der Waals surface area contributed by atoms with Crippen molar-refractivity contribution in [1.82, 2.24) is 14.3 Å². The first-order valence-electron chi connectivity index (χ1n) is 6.65. The molecule has 0 bridgehead atoms. The lowest BCUT2D eigenvalue weighted by Gasteiger charge is -2.24. The smallest absolute Gasteiger partial charge is 0.222 e. The van der Waals surface area contributed by atoms with Crippen molar-refractivity contribution in [3.63, 3.8) is 0 Å². The zero-order valence-corrected chi connectivity index (χ0v) is 13.0. The molecule has 0 fully saturated rings. The largest absolute Gasteiger partial charge is 0.355 e. The van der Waals surface area contributed by atoms with Crippen LogP contribution in [-0.4, -0.2) is 38.1 Å². The van der Waals surface area contributed by atoms with Crippen LogP contribution >= 0.6 is 0 Å². The number of hydrogen-bond acceptors (Lipinski definition) is 5.